The van der Waals surface area contributed by atoms with Crippen molar-refractivity contribution in [1.82, 2.24) is 24.9 Å². The molecule has 0 aliphatic rings. The van der Waals surface area contributed by atoms with Crippen molar-refractivity contribution in [3.8, 4) is 0 Å². The van der Waals surface area contributed by atoms with E-state index in [-0.39, 0.29) is 22.8 Å². The van der Waals surface area contributed by atoms with Gasteiger partial charge in [-0.2, -0.15) is 4.80 Å². The van der Waals surface area contributed by atoms with E-state index < -0.39 is 16.0 Å². The first-order valence-electron chi connectivity index (χ1n) is 6.28. The van der Waals surface area contributed by atoms with Crippen LogP contribution in [0.1, 0.15) is 27.3 Å². The SMILES string of the molecule is Cc1cc(C(=O)O)cc(S(=O)(=O)NCc2nnn(C)n2)c1C. The Morgan fingerprint density at radius 2 is 2.05 bits per heavy atom. The standard InChI is InChI=1S/C12H15N5O4S/c1-7-4-9(12(18)19)5-10(8(7)2)22(20,21)13-6-11-14-16-17(3)15-11/h4-5,13H,6H2,1-3H3,(H,18,19). The third-order valence-corrected chi connectivity index (χ3v) is 4.65. The highest BCUT2D eigenvalue weighted by Gasteiger charge is 2.21. The molecule has 0 spiro atoms. The molecular weight excluding hydrogens is 310 g/mol. The van der Waals surface area contributed by atoms with Crippen molar-refractivity contribution < 1.29 is 18.3 Å². The lowest BCUT2D eigenvalue weighted by atomic mass is 10.1. The van der Waals surface area contributed by atoms with Gasteiger partial charge in [-0.25, -0.2) is 17.9 Å². The number of carbonyl (C=O) groups is 1. The predicted octanol–water partition coefficient (Wildman–Crippen LogP) is 0.00364. The lowest BCUT2D eigenvalue weighted by molar-refractivity contribution is 0.0696. The molecule has 1 aromatic carbocycles. The fourth-order valence-corrected chi connectivity index (χ4v) is 3.18. The van der Waals surface area contributed by atoms with Crippen molar-refractivity contribution in [1.29, 1.82) is 0 Å². The minimum Gasteiger partial charge on any atom is -0.478 e. The first-order chi connectivity index (χ1) is 10.2. The van der Waals surface area contributed by atoms with Crippen molar-refractivity contribution in [2.24, 2.45) is 7.05 Å². The van der Waals surface area contributed by atoms with Gasteiger partial charge in [0.1, 0.15) is 0 Å². The lowest BCUT2D eigenvalue weighted by Gasteiger charge is -2.11. The van der Waals surface area contributed by atoms with E-state index in [0.29, 0.717) is 11.1 Å². The molecule has 10 heteroatoms. The highest BCUT2D eigenvalue weighted by atomic mass is 32.2. The molecule has 1 aromatic heterocycles. The quantitative estimate of drug-likeness (QED) is 0.792. The molecular formula is C12H15N5O4S. The maximum absolute atomic E-state index is 12.4. The number of rotatable bonds is 5. The molecule has 0 saturated heterocycles. The molecule has 2 aromatic rings. The number of aromatic carboxylic acids is 1. The van der Waals surface area contributed by atoms with E-state index in [1.165, 1.54) is 10.9 Å². The van der Waals surface area contributed by atoms with E-state index in [2.05, 4.69) is 20.1 Å². The molecule has 118 valence electrons. The van der Waals surface area contributed by atoms with Crippen LogP contribution in [0, 0.1) is 13.8 Å². The third kappa shape index (κ3) is 3.28. The predicted molar refractivity (Wildman–Crippen MR) is 75.7 cm³/mol. The van der Waals surface area contributed by atoms with Gasteiger partial charge < -0.3 is 5.11 Å². The van der Waals surface area contributed by atoms with Crippen LogP contribution in [0.4, 0.5) is 0 Å². The Bertz CT molecular complexity index is 828. The number of aryl methyl sites for hydroxylation is 2. The molecule has 2 rings (SSSR count). The summed E-state index contributed by atoms with van der Waals surface area (Å²) in [4.78, 5) is 12.2. The maximum Gasteiger partial charge on any atom is 0.335 e. The van der Waals surface area contributed by atoms with Crippen LogP contribution in [0.5, 0.6) is 0 Å². The molecule has 0 fully saturated rings. The minimum atomic E-state index is -3.89. The van der Waals surface area contributed by atoms with Crippen molar-refractivity contribution in [2.45, 2.75) is 25.3 Å². The van der Waals surface area contributed by atoms with Crippen molar-refractivity contribution in [3.63, 3.8) is 0 Å². The number of nitrogens with zero attached hydrogens (tertiary/aromatic N) is 4. The molecule has 9 nitrogen and oxygen atoms in total. The second kappa shape index (κ2) is 5.81. The molecule has 1 heterocycles. The van der Waals surface area contributed by atoms with Gasteiger partial charge in [-0.05, 0) is 42.3 Å². The summed E-state index contributed by atoms with van der Waals surface area (Å²) in [5.41, 5.74) is 0.989. The number of hydrogen-bond donors (Lipinski definition) is 2. The summed E-state index contributed by atoms with van der Waals surface area (Å²) in [7, 11) is -2.32. The molecule has 0 amide bonds. The van der Waals surface area contributed by atoms with Gasteiger partial charge in [-0.3, -0.25) is 0 Å². The van der Waals surface area contributed by atoms with E-state index in [4.69, 9.17) is 5.11 Å². The highest BCUT2D eigenvalue weighted by molar-refractivity contribution is 7.89. The van der Waals surface area contributed by atoms with E-state index in [1.54, 1.807) is 20.9 Å². The molecule has 0 unspecified atom stereocenters. The molecule has 0 saturated carbocycles. The average molecular weight is 325 g/mol. The number of nitrogens with one attached hydrogen (secondary N) is 1. The zero-order chi connectivity index (χ0) is 16.5. The van der Waals surface area contributed by atoms with Crippen LogP contribution in [-0.4, -0.2) is 39.7 Å². The number of carboxylic acid groups (broad SMARTS) is 1. The van der Waals surface area contributed by atoms with Gasteiger partial charge in [0.2, 0.25) is 10.0 Å². The number of benzene rings is 1. The summed E-state index contributed by atoms with van der Waals surface area (Å²) in [6, 6.07) is 2.57. The number of sulfonamides is 1. The summed E-state index contributed by atoms with van der Waals surface area (Å²) >= 11 is 0. The van der Waals surface area contributed by atoms with Crippen molar-refractivity contribution >= 4 is 16.0 Å². The van der Waals surface area contributed by atoms with E-state index in [9.17, 15) is 13.2 Å². The second-order valence-corrected chi connectivity index (χ2v) is 6.48. The van der Waals surface area contributed by atoms with Crippen LogP contribution in [-0.2, 0) is 23.6 Å². The van der Waals surface area contributed by atoms with Gasteiger partial charge in [0, 0.05) is 0 Å². The zero-order valence-corrected chi connectivity index (χ0v) is 13.0. The van der Waals surface area contributed by atoms with Crippen molar-refractivity contribution in [2.75, 3.05) is 0 Å². The molecule has 2 N–H and O–H groups in total. The Morgan fingerprint density at radius 3 is 2.59 bits per heavy atom. The maximum atomic E-state index is 12.4. The monoisotopic (exact) mass is 325 g/mol. The highest BCUT2D eigenvalue weighted by Crippen LogP contribution is 2.21. The fraction of sp³-hybridized carbons (Fsp3) is 0.333. The first kappa shape index (κ1) is 16.0. The molecule has 0 radical (unpaired) electrons. The van der Waals surface area contributed by atoms with Crippen LogP contribution >= 0.6 is 0 Å². The van der Waals surface area contributed by atoms with Crippen LogP contribution in [0.3, 0.4) is 0 Å². The van der Waals surface area contributed by atoms with Gasteiger partial charge in [0.15, 0.2) is 5.82 Å². The number of aromatic nitrogens is 4. The third-order valence-electron chi connectivity index (χ3n) is 3.13. The molecule has 0 aliphatic carbocycles. The smallest absolute Gasteiger partial charge is 0.335 e. The zero-order valence-electron chi connectivity index (χ0n) is 12.2. The van der Waals surface area contributed by atoms with E-state index in [1.807, 2.05) is 0 Å². The number of tetrazole rings is 1. The van der Waals surface area contributed by atoms with Crippen LogP contribution in [0.25, 0.3) is 0 Å². The average Bonchev–Trinajstić information content (AvgIpc) is 2.85. The van der Waals surface area contributed by atoms with E-state index in [0.717, 1.165) is 6.07 Å². The number of carboxylic acids is 1. The molecule has 0 bridgehead atoms. The van der Waals surface area contributed by atoms with Gasteiger partial charge >= 0.3 is 5.97 Å². The topological polar surface area (TPSA) is 127 Å². The van der Waals surface area contributed by atoms with Gasteiger partial charge in [-0.1, -0.05) is 0 Å². The Balaban J connectivity index is 2.34. The van der Waals surface area contributed by atoms with Gasteiger partial charge in [0.25, 0.3) is 0 Å². The van der Waals surface area contributed by atoms with Gasteiger partial charge in [0.05, 0.1) is 24.1 Å². The number of hydrogen-bond acceptors (Lipinski definition) is 6. The Kier molecular flexibility index (Phi) is 4.24. The molecule has 0 aliphatic heterocycles. The lowest BCUT2D eigenvalue weighted by Crippen LogP contribution is -2.25. The normalized spacial score (nSPS) is 11.6. The molecule has 22 heavy (non-hydrogen) atoms. The summed E-state index contributed by atoms with van der Waals surface area (Å²) in [5.74, 6) is -0.968. The molecule has 0 atom stereocenters. The van der Waals surface area contributed by atoms with Crippen LogP contribution in [0.2, 0.25) is 0 Å². The Hall–Kier alpha value is -2.33. The summed E-state index contributed by atoms with van der Waals surface area (Å²) in [6.07, 6.45) is 0. The summed E-state index contributed by atoms with van der Waals surface area (Å²) in [5, 5.41) is 20.2. The fourth-order valence-electron chi connectivity index (χ4n) is 1.86. The Labute approximate surface area is 127 Å². The van der Waals surface area contributed by atoms with Gasteiger partial charge in [-0.15, -0.1) is 10.2 Å². The second-order valence-electron chi connectivity index (χ2n) is 4.74. The summed E-state index contributed by atoms with van der Waals surface area (Å²) < 4.78 is 27.1. The largest absolute Gasteiger partial charge is 0.478 e. The minimum absolute atomic E-state index is 0.0752. The van der Waals surface area contributed by atoms with Crippen LogP contribution in [0.15, 0.2) is 17.0 Å². The van der Waals surface area contributed by atoms with Crippen LogP contribution < -0.4 is 4.72 Å². The van der Waals surface area contributed by atoms with Crippen molar-refractivity contribution in [3.05, 3.63) is 34.6 Å². The van der Waals surface area contributed by atoms with E-state index >= 15 is 0 Å². The summed E-state index contributed by atoms with van der Waals surface area (Å²) in [6.45, 7) is 3.15. The Morgan fingerprint density at radius 1 is 1.36 bits per heavy atom. The first-order valence-corrected chi connectivity index (χ1v) is 7.76.